The molecule has 0 spiro atoms. The van der Waals surface area contributed by atoms with Crippen LogP contribution in [0.4, 0.5) is 0 Å². The third kappa shape index (κ3) is 2.71. The van der Waals surface area contributed by atoms with Crippen molar-refractivity contribution in [3.05, 3.63) is 23.3 Å². The number of fused-ring (bicyclic) bond motifs is 3. The molecular weight excluding hydrogens is 276 g/mol. The van der Waals surface area contributed by atoms with Crippen molar-refractivity contribution in [3.8, 4) is 11.8 Å². The van der Waals surface area contributed by atoms with Gasteiger partial charge in [-0.2, -0.15) is 0 Å². The number of carbonyl (C=O) groups excluding carboxylic acids is 1. The van der Waals surface area contributed by atoms with E-state index in [1.807, 2.05) is 19.0 Å². The molecule has 0 saturated carbocycles. The molecule has 1 saturated heterocycles. The number of ether oxygens (including phenoxy) is 1. The Morgan fingerprint density at radius 1 is 1.45 bits per heavy atom. The summed E-state index contributed by atoms with van der Waals surface area (Å²) in [6, 6.07) is 0.267. The molecule has 3 aliphatic rings. The van der Waals surface area contributed by atoms with E-state index in [0.29, 0.717) is 6.54 Å². The Hall–Kier alpha value is -1.57. The molecule has 0 aromatic rings. The standard InChI is InChI=1S/C18H24N2O2/c1-18-15(13-17(21)22-18)14(7-6-10-19(2)3)9-12-20-11-5-4-8-16(18)20/h9,13,16H,4-5,8,10-12H2,1-3H3/t16-,18+/m1/s1. The molecule has 4 nitrogen and oxygen atoms in total. The first-order valence-electron chi connectivity index (χ1n) is 8.04. The van der Waals surface area contributed by atoms with Crippen molar-refractivity contribution < 1.29 is 9.53 Å². The molecule has 3 heterocycles. The molecule has 0 radical (unpaired) electrons. The van der Waals surface area contributed by atoms with Crippen molar-refractivity contribution in [3.63, 3.8) is 0 Å². The molecule has 0 amide bonds. The zero-order valence-corrected chi connectivity index (χ0v) is 13.7. The van der Waals surface area contributed by atoms with Crippen molar-refractivity contribution in [2.45, 2.75) is 37.8 Å². The van der Waals surface area contributed by atoms with Gasteiger partial charge in [-0.1, -0.05) is 24.3 Å². The minimum atomic E-state index is -0.549. The summed E-state index contributed by atoms with van der Waals surface area (Å²) in [6.45, 7) is 4.73. The number of hydrogen-bond acceptors (Lipinski definition) is 4. The lowest BCUT2D eigenvalue weighted by Crippen LogP contribution is -2.53. The Balaban J connectivity index is 1.96. The normalized spacial score (nSPS) is 31.3. The maximum absolute atomic E-state index is 11.9. The highest BCUT2D eigenvalue weighted by Crippen LogP contribution is 2.42. The number of esters is 1. The van der Waals surface area contributed by atoms with E-state index in [4.69, 9.17) is 4.74 Å². The van der Waals surface area contributed by atoms with E-state index in [1.165, 1.54) is 12.8 Å². The van der Waals surface area contributed by atoms with E-state index >= 15 is 0 Å². The summed E-state index contributed by atoms with van der Waals surface area (Å²) in [7, 11) is 4.00. The van der Waals surface area contributed by atoms with Gasteiger partial charge >= 0.3 is 5.97 Å². The molecule has 0 unspecified atom stereocenters. The molecule has 1 fully saturated rings. The molecule has 4 heteroatoms. The van der Waals surface area contributed by atoms with Crippen molar-refractivity contribution in [1.29, 1.82) is 0 Å². The average molecular weight is 300 g/mol. The predicted molar refractivity (Wildman–Crippen MR) is 86.2 cm³/mol. The minimum absolute atomic E-state index is 0.231. The summed E-state index contributed by atoms with van der Waals surface area (Å²) >= 11 is 0. The van der Waals surface area contributed by atoms with Gasteiger partial charge in [0.1, 0.15) is 0 Å². The van der Waals surface area contributed by atoms with Gasteiger partial charge in [0.25, 0.3) is 0 Å². The van der Waals surface area contributed by atoms with Gasteiger partial charge in [-0.3, -0.25) is 9.80 Å². The number of nitrogens with zero attached hydrogens (tertiary/aromatic N) is 2. The van der Waals surface area contributed by atoms with Crippen molar-refractivity contribution in [1.82, 2.24) is 9.80 Å². The Labute approximate surface area is 132 Å². The van der Waals surface area contributed by atoms with Crippen LogP contribution < -0.4 is 0 Å². The molecule has 2 atom stereocenters. The van der Waals surface area contributed by atoms with Gasteiger partial charge in [-0.15, -0.1) is 0 Å². The summed E-state index contributed by atoms with van der Waals surface area (Å²) in [5.74, 6) is 6.22. The number of piperidine rings is 1. The van der Waals surface area contributed by atoms with Gasteiger partial charge in [-0.25, -0.2) is 4.79 Å². The number of hydrogen-bond donors (Lipinski definition) is 0. The summed E-state index contributed by atoms with van der Waals surface area (Å²) in [5.41, 5.74) is 1.38. The van der Waals surface area contributed by atoms with E-state index < -0.39 is 5.60 Å². The van der Waals surface area contributed by atoms with E-state index in [1.54, 1.807) is 6.08 Å². The monoisotopic (exact) mass is 300 g/mol. The Morgan fingerprint density at radius 2 is 2.27 bits per heavy atom. The summed E-state index contributed by atoms with van der Waals surface area (Å²) < 4.78 is 5.77. The van der Waals surface area contributed by atoms with Crippen LogP contribution in [0.2, 0.25) is 0 Å². The molecule has 3 aliphatic heterocycles. The highest BCUT2D eigenvalue weighted by Gasteiger charge is 2.50. The Bertz CT molecular complexity index is 594. The third-order valence-corrected chi connectivity index (χ3v) is 4.80. The van der Waals surface area contributed by atoms with E-state index in [0.717, 1.165) is 30.7 Å². The first-order valence-corrected chi connectivity index (χ1v) is 8.04. The van der Waals surface area contributed by atoms with Crippen LogP contribution >= 0.6 is 0 Å². The van der Waals surface area contributed by atoms with Crippen LogP contribution in [-0.2, 0) is 9.53 Å². The second-order valence-electron chi connectivity index (χ2n) is 6.75. The number of rotatable bonds is 1. The minimum Gasteiger partial charge on any atom is -0.450 e. The van der Waals surface area contributed by atoms with Crippen LogP contribution in [0, 0.1) is 11.8 Å². The molecule has 0 N–H and O–H groups in total. The van der Waals surface area contributed by atoms with E-state index in [9.17, 15) is 4.79 Å². The first-order chi connectivity index (χ1) is 10.5. The van der Waals surface area contributed by atoms with Gasteiger partial charge in [-0.05, 0) is 40.4 Å². The smallest absolute Gasteiger partial charge is 0.332 e. The second kappa shape index (κ2) is 5.91. The van der Waals surface area contributed by atoms with Crippen molar-refractivity contribution in [2.24, 2.45) is 0 Å². The topological polar surface area (TPSA) is 32.8 Å². The van der Waals surface area contributed by atoms with Crippen LogP contribution in [-0.4, -0.2) is 61.1 Å². The molecule has 22 heavy (non-hydrogen) atoms. The van der Waals surface area contributed by atoms with Crippen LogP contribution in [0.15, 0.2) is 23.3 Å². The highest BCUT2D eigenvalue weighted by molar-refractivity contribution is 5.89. The number of carbonyl (C=O) groups is 1. The van der Waals surface area contributed by atoms with Gasteiger partial charge in [0.2, 0.25) is 0 Å². The lowest BCUT2D eigenvalue weighted by Gasteiger charge is -2.43. The maximum Gasteiger partial charge on any atom is 0.332 e. The van der Waals surface area contributed by atoms with Crippen LogP contribution in [0.25, 0.3) is 0 Å². The van der Waals surface area contributed by atoms with E-state index in [-0.39, 0.29) is 12.0 Å². The lowest BCUT2D eigenvalue weighted by atomic mass is 9.81. The fraction of sp³-hybridized carbons (Fsp3) is 0.611. The van der Waals surface area contributed by atoms with Crippen LogP contribution in [0.1, 0.15) is 26.2 Å². The van der Waals surface area contributed by atoms with Crippen LogP contribution in [0.5, 0.6) is 0 Å². The second-order valence-corrected chi connectivity index (χ2v) is 6.75. The lowest BCUT2D eigenvalue weighted by molar-refractivity contribution is -0.150. The summed E-state index contributed by atoms with van der Waals surface area (Å²) in [4.78, 5) is 16.4. The quantitative estimate of drug-likeness (QED) is 0.544. The van der Waals surface area contributed by atoms with Crippen molar-refractivity contribution in [2.75, 3.05) is 33.7 Å². The zero-order valence-electron chi connectivity index (χ0n) is 13.7. The molecule has 0 bridgehead atoms. The Morgan fingerprint density at radius 3 is 3.05 bits per heavy atom. The zero-order chi connectivity index (χ0) is 15.7. The predicted octanol–water partition coefficient (Wildman–Crippen LogP) is 1.59. The van der Waals surface area contributed by atoms with Crippen LogP contribution in [0.3, 0.4) is 0 Å². The molecule has 0 aliphatic carbocycles. The Kier molecular flexibility index (Phi) is 4.12. The first kappa shape index (κ1) is 15.3. The van der Waals surface area contributed by atoms with Gasteiger partial charge < -0.3 is 4.74 Å². The van der Waals surface area contributed by atoms with Gasteiger partial charge in [0.05, 0.1) is 12.6 Å². The average Bonchev–Trinajstić information content (AvgIpc) is 2.73. The van der Waals surface area contributed by atoms with Crippen molar-refractivity contribution >= 4 is 5.97 Å². The summed E-state index contributed by atoms with van der Waals surface area (Å²) in [5, 5.41) is 0. The fourth-order valence-electron chi connectivity index (χ4n) is 3.71. The molecule has 0 aromatic carbocycles. The van der Waals surface area contributed by atoms with E-state index in [2.05, 4.69) is 29.7 Å². The third-order valence-electron chi connectivity index (χ3n) is 4.80. The molecule has 0 aromatic heterocycles. The summed E-state index contributed by atoms with van der Waals surface area (Å²) in [6.07, 6.45) is 7.31. The molecular formula is C18H24N2O2. The van der Waals surface area contributed by atoms with Gasteiger partial charge in [0, 0.05) is 23.8 Å². The SMILES string of the molecule is CN(C)CC#CC1=CCN2CCCC[C@@H]2[C@@]2(C)OC(=O)C=C12. The maximum atomic E-state index is 11.9. The highest BCUT2D eigenvalue weighted by atomic mass is 16.6. The largest absolute Gasteiger partial charge is 0.450 e. The fourth-order valence-corrected chi connectivity index (χ4v) is 3.71. The molecule has 3 rings (SSSR count). The van der Waals surface area contributed by atoms with Gasteiger partial charge in [0.15, 0.2) is 5.60 Å². The molecule has 118 valence electrons.